The van der Waals surface area contributed by atoms with E-state index in [1.807, 2.05) is 54.1 Å². The third kappa shape index (κ3) is 3.46. The molecule has 0 saturated carbocycles. The molecule has 0 radical (unpaired) electrons. The normalized spacial score (nSPS) is 13.0. The van der Waals surface area contributed by atoms with Gasteiger partial charge in [-0.1, -0.05) is 36.4 Å². The van der Waals surface area contributed by atoms with Gasteiger partial charge < -0.3 is 10.6 Å². The number of rotatable bonds is 4. The molecule has 1 aliphatic heterocycles. The zero-order valence-corrected chi connectivity index (χ0v) is 15.0. The molecule has 0 saturated heterocycles. The molecule has 0 bridgehead atoms. The van der Waals surface area contributed by atoms with E-state index in [2.05, 4.69) is 15.7 Å². The van der Waals surface area contributed by atoms with Gasteiger partial charge in [0, 0.05) is 23.5 Å². The van der Waals surface area contributed by atoms with E-state index in [4.69, 9.17) is 0 Å². The van der Waals surface area contributed by atoms with E-state index in [0.717, 1.165) is 23.2 Å². The molecule has 2 amide bonds. The molecule has 0 unspecified atom stereocenters. The smallest absolute Gasteiger partial charge is 0.259 e. The van der Waals surface area contributed by atoms with Crippen LogP contribution < -0.4 is 10.6 Å². The van der Waals surface area contributed by atoms with Crippen molar-refractivity contribution < 1.29 is 9.59 Å². The number of nitrogens with one attached hydrogen (secondary N) is 2. The first-order valence-corrected chi connectivity index (χ1v) is 8.90. The number of aromatic nitrogens is 2. The van der Waals surface area contributed by atoms with Gasteiger partial charge in [-0.25, -0.2) is 0 Å². The van der Waals surface area contributed by atoms with Crippen molar-refractivity contribution in [3.8, 4) is 0 Å². The van der Waals surface area contributed by atoms with Gasteiger partial charge in [0.15, 0.2) is 0 Å². The summed E-state index contributed by atoms with van der Waals surface area (Å²) in [6.07, 6.45) is 2.39. The van der Waals surface area contributed by atoms with Crippen LogP contribution in [0.15, 0.2) is 54.7 Å². The van der Waals surface area contributed by atoms with Crippen molar-refractivity contribution in [1.82, 2.24) is 15.1 Å². The van der Waals surface area contributed by atoms with Crippen LogP contribution in [-0.4, -0.2) is 28.1 Å². The number of benzene rings is 2. The predicted molar refractivity (Wildman–Crippen MR) is 103 cm³/mol. The molecule has 6 heteroatoms. The highest BCUT2D eigenvalue weighted by atomic mass is 16.2. The average molecular weight is 360 g/mol. The summed E-state index contributed by atoms with van der Waals surface area (Å²) >= 11 is 0. The number of carbonyl (C=O) groups is 2. The number of hydrogen-bond donors (Lipinski definition) is 2. The zero-order valence-electron chi connectivity index (χ0n) is 15.0. The molecule has 1 aromatic heterocycles. The first kappa shape index (κ1) is 17.0. The summed E-state index contributed by atoms with van der Waals surface area (Å²) < 4.78 is 1.81. The molecule has 0 aliphatic carbocycles. The summed E-state index contributed by atoms with van der Waals surface area (Å²) in [6.45, 7) is 3.14. The largest absolute Gasteiger partial charge is 0.352 e. The molecule has 4 rings (SSSR count). The van der Waals surface area contributed by atoms with E-state index >= 15 is 0 Å². The van der Waals surface area contributed by atoms with Crippen LogP contribution in [0.1, 0.15) is 37.5 Å². The summed E-state index contributed by atoms with van der Waals surface area (Å²) in [5.74, 6) is -0.331. The van der Waals surface area contributed by atoms with Gasteiger partial charge in [-0.15, -0.1) is 0 Å². The Bertz CT molecular complexity index is 1010. The maximum atomic E-state index is 12.7. The van der Waals surface area contributed by atoms with E-state index in [0.29, 0.717) is 29.9 Å². The summed E-state index contributed by atoms with van der Waals surface area (Å²) in [4.78, 5) is 24.7. The monoisotopic (exact) mass is 360 g/mol. The lowest BCUT2D eigenvalue weighted by molar-refractivity contribution is 0.0944. The maximum absolute atomic E-state index is 12.7. The highest BCUT2D eigenvalue weighted by molar-refractivity contribution is 6.06. The molecule has 2 aromatic carbocycles. The standard InChI is InChI=1S/C21H20N4O2/c1-14-19(12-23-25(14)13-15-5-3-2-4-6-15)21(27)24-17-8-7-16-9-10-22-20(26)18(16)11-17/h2-8,11-12H,9-10,13H2,1H3,(H,22,26)(H,24,27). The molecule has 1 aliphatic rings. The second kappa shape index (κ2) is 7.07. The average Bonchev–Trinajstić information content (AvgIpc) is 3.04. The van der Waals surface area contributed by atoms with Crippen LogP contribution in [0.25, 0.3) is 0 Å². The van der Waals surface area contributed by atoms with Gasteiger partial charge in [0.05, 0.1) is 18.3 Å². The molecule has 6 nitrogen and oxygen atoms in total. The van der Waals surface area contributed by atoms with Gasteiger partial charge in [0.2, 0.25) is 0 Å². The molecule has 3 aromatic rings. The Morgan fingerprint density at radius 2 is 2.04 bits per heavy atom. The lowest BCUT2D eigenvalue weighted by atomic mass is 10.00. The minimum atomic E-state index is -0.233. The molecule has 27 heavy (non-hydrogen) atoms. The van der Waals surface area contributed by atoms with E-state index in [1.165, 1.54) is 0 Å². The second-order valence-electron chi connectivity index (χ2n) is 6.62. The molecular weight excluding hydrogens is 340 g/mol. The lowest BCUT2D eigenvalue weighted by Crippen LogP contribution is -2.31. The first-order valence-electron chi connectivity index (χ1n) is 8.90. The van der Waals surface area contributed by atoms with E-state index in [1.54, 1.807) is 12.3 Å². The molecule has 0 atom stereocenters. The summed E-state index contributed by atoms with van der Waals surface area (Å²) in [7, 11) is 0. The highest BCUT2D eigenvalue weighted by Crippen LogP contribution is 2.20. The fourth-order valence-electron chi connectivity index (χ4n) is 3.27. The van der Waals surface area contributed by atoms with Crippen LogP contribution in [-0.2, 0) is 13.0 Å². The van der Waals surface area contributed by atoms with E-state index in [-0.39, 0.29) is 11.8 Å². The Hall–Kier alpha value is -3.41. The van der Waals surface area contributed by atoms with Crippen molar-refractivity contribution in [2.75, 3.05) is 11.9 Å². The third-order valence-corrected chi connectivity index (χ3v) is 4.82. The number of anilines is 1. The minimum absolute atomic E-state index is 0.0980. The second-order valence-corrected chi connectivity index (χ2v) is 6.62. The molecule has 2 heterocycles. The highest BCUT2D eigenvalue weighted by Gasteiger charge is 2.19. The van der Waals surface area contributed by atoms with Gasteiger partial charge in [0.1, 0.15) is 0 Å². The fraction of sp³-hybridized carbons (Fsp3) is 0.190. The Balaban J connectivity index is 1.52. The topological polar surface area (TPSA) is 76.0 Å². The van der Waals surface area contributed by atoms with Gasteiger partial charge in [-0.2, -0.15) is 5.10 Å². The fourth-order valence-corrected chi connectivity index (χ4v) is 3.27. The van der Waals surface area contributed by atoms with Crippen LogP contribution in [0.5, 0.6) is 0 Å². The number of fused-ring (bicyclic) bond motifs is 1. The number of hydrogen-bond acceptors (Lipinski definition) is 3. The Kier molecular flexibility index (Phi) is 4.46. The summed E-state index contributed by atoms with van der Waals surface area (Å²) in [6, 6.07) is 15.4. The van der Waals surface area contributed by atoms with Crippen LogP contribution in [0, 0.1) is 6.92 Å². The summed E-state index contributed by atoms with van der Waals surface area (Å²) in [5, 5.41) is 10.0. The number of carbonyl (C=O) groups excluding carboxylic acids is 2. The SMILES string of the molecule is Cc1c(C(=O)Nc2ccc3c(c2)C(=O)NCC3)cnn1Cc1ccccc1. The summed E-state index contributed by atoms with van der Waals surface area (Å²) in [5.41, 5.74) is 4.67. The van der Waals surface area contributed by atoms with Crippen molar-refractivity contribution in [3.63, 3.8) is 0 Å². The van der Waals surface area contributed by atoms with Crippen LogP contribution in [0.2, 0.25) is 0 Å². The third-order valence-electron chi connectivity index (χ3n) is 4.82. The van der Waals surface area contributed by atoms with Crippen molar-refractivity contribution >= 4 is 17.5 Å². The van der Waals surface area contributed by atoms with Crippen LogP contribution in [0.4, 0.5) is 5.69 Å². The van der Waals surface area contributed by atoms with E-state index in [9.17, 15) is 9.59 Å². The van der Waals surface area contributed by atoms with Crippen LogP contribution in [0.3, 0.4) is 0 Å². The number of nitrogens with zero attached hydrogens (tertiary/aromatic N) is 2. The number of amides is 2. The Morgan fingerprint density at radius 1 is 1.22 bits per heavy atom. The predicted octanol–water partition coefficient (Wildman–Crippen LogP) is 2.78. The van der Waals surface area contributed by atoms with Gasteiger partial charge in [-0.3, -0.25) is 14.3 Å². The molecule has 136 valence electrons. The quantitative estimate of drug-likeness (QED) is 0.751. The van der Waals surface area contributed by atoms with Gasteiger partial charge in [0.25, 0.3) is 11.8 Å². The maximum Gasteiger partial charge on any atom is 0.259 e. The van der Waals surface area contributed by atoms with Crippen molar-refractivity contribution in [2.24, 2.45) is 0 Å². The Labute approximate surface area is 157 Å². The van der Waals surface area contributed by atoms with Gasteiger partial charge in [-0.05, 0) is 36.6 Å². The van der Waals surface area contributed by atoms with Crippen molar-refractivity contribution in [1.29, 1.82) is 0 Å². The molecule has 2 N–H and O–H groups in total. The Morgan fingerprint density at radius 3 is 2.85 bits per heavy atom. The molecule has 0 spiro atoms. The minimum Gasteiger partial charge on any atom is -0.352 e. The van der Waals surface area contributed by atoms with E-state index < -0.39 is 0 Å². The van der Waals surface area contributed by atoms with Crippen molar-refractivity contribution in [3.05, 3.63) is 82.7 Å². The first-order chi connectivity index (χ1) is 13.1. The van der Waals surface area contributed by atoms with Gasteiger partial charge >= 0.3 is 0 Å². The molecular formula is C21H20N4O2. The van der Waals surface area contributed by atoms with Crippen molar-refractivity contribution in [2.45, 2.75) is 19.9 Å². The van der Waals surface area contributed by atoms with Crippen LogP contribution >= 0.6 is 0 Å². The molecule has 0 fully saturated rings. The lowest BCUT2D eigenvalue weighted by Gasteiger charge is -2.17. The zero-order chi connectivity index (χ0) is 18.8.